The van der Waals surface area contributed by atoms with Crippen LogP contribution in [0.3, 0.4) is 0 Å². The van der Waals surface area contributed by atoms with Gasteiger partial charge in [0.15, 0.2) is 0 Å². The fraction of sp³-hybridized carbons (Fsp3) is 0.833. The van der Waals surface area contributed by atoms with E-state index in [2.05, 4.69) is 10.6 Å². The Morgan fingerprint density at radius 1 is 1.42 bits per heavy atom. The van der Waals surface area contributed by atoms with Gasteiger partial charge >= 0.3 is 12.0 Å². The first-order chi connectivity index (χ1) is 9.04. The number of carbonyl (C=O) groups excluding carboxylic acids is 1. The quantitative estimate of drug-likeness (QED) is 0.649. The minimum atomic E-state index is -1.23. The van der Waals surface area contributed by atoms with Crippen LogP contribution in [0.25, 0.3) is 0 Å². The molecule has 0 aromatic carbocycles. The maximum Gasteiger partial charge on any atom is 0.329 e. The van der Waals surface area contributed by atoms with Crippen LogP contribution >= 0.6 is 0 Å². The number of hydrogen-bond donors (Lipinski definition) is 3. The molecule has 1 unspecified atom stereocenters. The molecule has 0 radical (unpaired) electrons. The zero-order valence-electron chi connectivity index (χ0n) is 11.4. The zero-order valence-corrected chi connectivity index (χ0v) is 11.4. The van der Waals surface area contributed by atoms with E-state index in [0.29, 0.717) is 26.2 Å². The van der Waals surface area contributed by atoms with Crippen molar-refractivity contribution in [1.29, 1.82) is 0 Å². The lowest BCUT2D eigenvalue weighted by Gasteiger charge is -2.34. The van der Waals surface area contributed by atoms with Gasteiger partial charge in [0.1, 0.15) is 5.54 Å². The number of ether oxygens (including phenoxy) is 2. The van der Waals surface area contributed by atoms with Crippen molar-refractivity contribution < 1.29 is 24.2 Å². The van der Waals surface area contributed by atoms with Crippen molar-refractivity contribution >= 4 is 12.0 Å². The lowest BCUT2D eigenvalue weighted by molar-refractivity contribution is -0.148. The first-order valence-electron chi connectivity index (χ1n) is 6.43. The Bertz CT molecular complexity index is 315. The lowest BCUT2D eigenvalue weighted by atomic mass is 9.90. The lowest BCUT2D eigenvalue weighted by Crippen LogP contribution is -2.60. The molecule has 0 aliphatic carbocycles. The Morgan fingerprint density at radius 3 is 2.53 bits per heavy atom. The number of aliphatic carboxylic acids is 1. The van der Waals surface area contributed by atoms with Crippen molar-refractivity contribution in [3.63, 3.8) is 0 Å². The van der Waals surface area contributed by atoms with Crippen molar-refractivity contribution in [2.24, 2.45) is 0 Å². The summed E-state index contributed by atoms with van der Waals surface area (Å²) in [6.07, 6.45) is 1.26. The summed E-state index contributed by atoms with van der Waals surface area (Å²) in [5.74, 6) is -1.02. The van der Waals surface area contributed by atoms with Gasteiger partial charge in [0.05, 0.1) is 12.6 Å². The second-order valence-electron chi connectivity index (χ2n) is 4.66. The third-order valence-corrected chi connectivity index (χ3v) is 3.30. The number of carbonyl (C=O) groups is 2. The topological polar surface area (TPSA) is 96.9 Å². The molecule has 1 atom stereocenters. The highest BCUT2D eigenvalue weighted by molar-refractivity contribution is 5.86. The van der Waals surface area contributed by atoms with Gasteiger partial charge in [-0.1, -0.05) is 6.92 Å². The molecule has 0 aromatic rings. The van der Waals surface area contributed by atoms with Crippen LogP contribution in [-0.4, -0.2) is 55.6 Å². The molecule has 2 amide bonds. The van der Waals surface area contributed by atoms with Gasteiger partial charge in [-0.05, 0) is 6.42 Å². The number of amides is 2. The van der Waals surface area contributed by atoms with Crippen LogP contribution in [0.1, 0.15) is 26.2 Å². The second kappa shape index (κ2) is 7.30. The summed E-state index contributed by atoms with van der Waals surface area (Å²) >= 11 is 0. The molecule has 0 saturated carbocycles. The van der Waals surface area contributed by atoms with E-state index in [1.807, 2.05) is 6.92 Å². The molecule has 0 aromatic heterocycles. The summed E-state index contributed by atoms with van der Waals surface area (Å²) in [7, 11) is 1.56. The maximum absolute atomic E-state index is 11.9. The predicted octanol–water partition coefficient (Wildman–Crippen LogP) is 0.344. The first-order valence-corrected chi connectivity index (χ1v) is 6.43. The summed E-state index contributed by atoms with van der Waals surface area (Å²) < 4.78 is 10.1. The summed E-state index contributed by atoms with van der Waals surface area (Å²) in [6, 6.07) is -0.608. The van der Waals surface area contributed by atoms with Crippen LogP contribution in [0, 0.1) is 0 Å². The third-order valence-electron chi connectivity index (χ3n) is 3.30. The molecule has 1 fully saturated rings. The number of nitrogens with one attached hydrogen (secondary N) is 2. The highest BCUT2D eigenvalue weighted by Gasteiger charge is 2.41. The summed E-state index contributed by atoms with van der Waals surface area (Å²) in [5, 5.41) is 14.6. The van der Waals surface area contributed by atoms with Crippen LogP contribution in [0.15, 0.2) is 0 Å². The normalized spacial score (nSPS) is 19.5. The number of carboxylic acids is 1. The number of rotatable bonds is 6. The Morgan fingerprint density at radius 2 is 2.05 bits per heavy atom. The summed E-state index contributed by atoms with van der Waals surface area (Å²) in [5.41, 5.74) is -1.23. The van der Waals surface area contributed by atoms with Crippen molar-refractivity contribution in [3.05, 3.63) is 0 Å². The molecule has 7 heteroatoms. The van der Waals surface area contributed by atoms with Gasteiger partial charge in [-0.2, -0.15) is 0 Å². The Hall–Kier alpha value is -1.34. The molecular weight excluding hydrogens is 252 g/mol. The molecule has 19 heavy (non-hydrogen) atoms. The molecular formula is C12H22N2O5. The van der Waals surface area contributed by atoms with E-state index in [9.17, 15) is 14.7 Å². The minimum absolute atomic E-state index is 0.129. The standard InChI is InChI=1S/C12H22N2O5/c1-3-9(8-18-2)13-11(17)14-12(10(15)16)4-6-19-7-5-12/h9H,3-8H2,1-2H3,(H,15,16)(H2,13,14,17). The summed E-state index contributed by atoms with van der Waals surface area (Å²) in [4.78, 5) is 23.3. The van der Waals surface area contributed by atoms with Crippen molar-refractivity contribution in [1.82, 2.24) is 10.6 Å². The predicted molar refractivity (Wildman–Crippen MR) is 68.0 cm³/mol. The first kappa shape index (κ1) is 15.7. The number of urea groups is 1. The largest absolute Gasteiger partial charge is 0.480 e. The fourth-order valence-corrected chi connectivity index (χ4v) is 2.01. The number of hydrogen-bond acceptors (Lipinski definition) is 4. The Labute approximate surface area is 112 Å². The Kier molecular flexibility index (Phi) is 6.04. The summed E-state index contributed by atoms with van der Waals surface area (Å²) in [6.45, 7) is 2.99. The van der Waals surface area contributed by atoms with Crippen LogP contribution in [0.4, 0.5) is 4.79 Å². The molecule has 110 valence electrons. The van der Waals surface area contributed by atoms with E-state index in [0.717, 1.165) is 0 Å². The van der Waals surface area contributed by atoms with E-state index in [1.165, 1.54) is 0 Å². The van der Waals surface area contributed by atoms with Gasteiger partial charge < -0.3 is 25.2 Å². The highest BCUT2D eigenvalue weighted by Crippen LogP contribution is 2.20. The van der Waals surface area contributed by atoms with E-state index >= 15 is 0 Å². The average molecular weight is 274 g/mol. The Balaban J connectivity index is 2.59. The van der Waals surface area contributed by atoms with Crippen LogP contribution in [0.2, 0.25) is 0 Å². The third kappa shape index (κ3) is 4.36. The molecule has 1 saturated heterocycles. The second-order valence-corrected chi connectivity index (χ2v) is 4.66. The molecule has 7 nitrogen and oxygen atoms in total. The van der Waals surface area contributed by atoms with E-state index in [-0.39, 0.29) is 18.9 Å². The highest BCUT2D eigenvalue weighted by atomic mass is 16.5. The molecule has 3 N–H and O–H groups in total. The van der Waals surface area contributed by atoms with Crippen molar-refractivity contribution in [3.8, 4) is 0 Å². The zero-order chi connectivity index (χ0) is 14.3. The van der Waals surface area contributed by atoms with E-state index in [4.69, 9.17) is 9.47 Å². The average Bonchev–Trinajstić information content (AvgIpc) is 2.39. The van der Waals surface area contributed by atoms with E-state index in [1.54, 1.807) is 7.11 Å². The van der Waals surface area contributed by atoms with Gasteiger partial charge in [-0.3, -0.25) is 0 Å². The maximum atomic E-state index is 11.9. The monoisotopic (exact) mass is 274 g/mol. The molecule has 1 rings (SSSR count). The number of methoxy groups -OCH3 is 1. The van der Waals surface area contributed by atoms with Gasteiger partial charge in [0, 0.05) is 33.2 Å². The van der Waals surface area contributed by atoms with Gasteiger partial charge in [0.25, 0.3) is 0 Å². The van der Waals surface area contributed by atoms with Crippen LogP contribution in [0.5, 0.6) is 0 Å². The van der Waals surface area contributed by atoms with Crippen molar-refractivity contribution in [2.45, 2.75) is 37.8 Å². The minimum Gasteiger partial charge on any atom is -0.480 e. The van der Waals surface area contributed by atoms with Gasteiger partial charge in [0.2, 0.25) is 0 Å². The molecule has 1 aliphatic rings. The SMILES string of the molecule is CCC(COC)NC(=O)NC1(C(=O)O)CCOCC1. The molecule has 0 bridgehead atoms. The van der Waals surface area contributed by atoms with Crippen LogP contribution < -0.4 is 10.6 Å². The van der Waals surface area contributed by atoms with E-state index < -0.39 is 17.5 Å². The van der Waals surface area contributed by atoms with Gasteiger partial charge in [-0.25, -0.2) is 9.59 Å². The molecule has 0 spiro atoms. The smallest absolute Gasteiger partial charge is 0.329 e. The van der Waals surface area contributed by atoms with Crippen molar-refractivity contribution in [2.75, 3.05) is 26.9 Å². The van der Waals surface area contributed by atoms with Gasteiger partial charge in [-0.15, -0.1) is 0 Å². The van der Waals surface area contributed by atoms with Crippen LogP contribution in [-0.2, 0) is 14.3 Å². The fourth-order valence-electron chi connectivity index (χ4n) is 2.01. The number of carboxylic acid groups (broad SMARTS) is 1. The molecule has 1 heterocycles. The molecule has 1 aliphatic heterocycles.